The molecule has 3 aromatic rings. The molecule has 4 rings (SSSR count). The summed E-state index contributed by atoms with van der Waals surface area (Å²) in [6.45, 7) is -0.0554. The highest BCUT2D eigenvalue weighted by Crippen LogP contribution is 2.25. The summed E-state index contributed by atoms with van der Waals surface area (Å²) in [4.78, 5) is 41.9. The maximum atomic E-state index is 12.5. The minimum Gasteiger partial charge on any atom is -0.481 e. The van der Waals surface area contributed by atoms with Crippen LogP contribution in [0, 0.1) is 5.92 Å². The van der Waals surface area contributed by atoms with Gasteiger partial charge in [-0.2, -0.15) is 0 Å². The van der Waals surface area contributed by atoms with Crippen molar-refractivity contribution in [3.8, 4) is 11.1 Å². The Kier molecular flexibility index (Phi) is 6.60. The van der Waals surface area contributed by atoms with Crippen LogP contribution < -0.4 is 0 Å². The molecule has 2 N–H and O–H groups in total. The Bertz CT molecular complexity index is 1130. The summed E-state index contributed by atoms with van der Waals surface area (Å²) in [6.07, 6.45) is 3.14. The van der Waals surface area contributed by atoms with Crippen molar-refractivity contribution in [2.45, 2.75) is 25.4 Å². The van der Waals surface area contributed by atoms with Gasteiger partial charge in [0.25, 0.3) is 11.8 Å². The van der Waals surface area contributed by atoms with Gasteiger partial charge in [0, 0.05) is 18.9 Å². The van der Waals surface area contributed by atoms with Gasteiger partial charge < -0.3 is 10.2 Å². The van der Waals surface area contributed by atoms with Crippen molar-refractivity contribution in [2.24, 2.45) is 5.92 Å². The molecule has 33 heavy (non-hydrogen) atoms. The number of fused-ring (bicyclic) bond motifs is 1. The second kappa shape index (κ2) is 9.75. The molecule has 2 atom stereocenters. The fraction of sp³-hybridized carbons (Fsp3) is 0.231. The number of aliphatic hydroxyl groups excluding tert-OH is 1. The lowest BCUT2D eigenvalue weighted by molar-refractivity contribution is -0.146. The smallest absolute Gasteiger partial charge is 0.309 e. The Labute approximate surface area is 191 Å². The van der Waals surface area contributed by atoms with E-state index in [0.29, 0.717) is 17.5 Å². The Hall–Kier alpha value is -3.84. The van der Waals surface area contributed by atoms with Crippen LogP contribution in [0.1, 0.15) is 39.1 Å². The van der Waals surface area contributed by atoms with E-state index in [4.69, 9.17) is 0 Å². The number of carbonyl (C=O) groups excluding carboxylic acids is 2. The van der Waals surface area contributed by atoms with Crippen LogP contribution in [-0.2, 0) is 11.2 Å². The number of pyridine rings is 1. The third-order valence-electron chi connectivity index (χ3n) is 6.00. The Morgan fingerprint density at radius 3 is 2.12 bits per heavy atom. The molecule has 7 nitrogen and oxygen atoms in total. The standard InChI is InChI=1S/C26H24N2O5/c29-23(12-9-17-7-10-18(11-8-17)19-4-3-14-27-16-19)22(26(32)33)13-15-28-24(30)20-5-1-2-6-21(20)25(28)31/h1-8,10-11,14,16,22-23,29H,9,12-13,15H2,(H,32,33)/t22-,23+/m0/s1. The van der Waals surface area contributed by atoms with Crippen LogP contribution in [0.15, 0.2) is 73.1 Å². The van der Waals surface area contributed by atoms with Gasteiger partial charge in [0.05, 0.1) is 23.1 Å². The largest absolute Gasteiger partial charge is 0.481 e. The van der Waals surface area contributed by atoms with Crippen LogP contribution in [0.3, 0.4) is 0 Å². The third kappa shape index (κ3) is 4.83. The molecule has 2 amide bonds. The first-order chi connectivity index (χ1) is 16.0. The highest BCUT2D eigenvalue weighted by molar-refractivity contribution is 6.21. The van der Waals surface area contributed by atoms with Gasteiger partial charge in [-0.05, 0) is 54.2 Å². The molecule has 0 bridgehead atoms. The van der Waals surface area contributed by atoms with Gasteiger partial charge in [0.2, 0.25) is 0 Å². The SMILES string of the molecule is O=C(O)[C@@H](CCN1C(=O)c2ccccc2C1=O)[C@H](O)CCc1ccc(-c2cccnc2)cc1. The lowest BCUT2D eigenvalue weighted by Crippen LogP contribution is -2.36. The van der Waals surface area contributed by atoms with Crippen LogP contribution in [-0.4, -0.2) is 50.5 Å². The van der Waals surface area contributed by atoms with Gasteiger partial charge in [-0.3, -0.25) is 24.3 Å². The minimum absolute atomic E-state index is 0.0120. The number of nitrogens with zero attached hydrogens (tertiary/aromatic N) is 2. The van der Waals surface area contributed by atoms with E-state index in [1.807, 2.05) is 36.4 Å². The monoisotopic (exact) mass is 444 g/mol. The first-order valence-electron chi connectivity index (χ1n) is 10.8. The normalized spacial score (nSPS) is 14.8. The summed E-state index contributed by atoms with van der Waals surface area (Å²) in [7, 11) is 0. The van der Waals surface area contributed by atoms with E-state index in [-0.39, 0.29) is 19.4 Å². The number of imide groups is 1. The predicted molar refractivity (Wildman–Crippen MR) is 122 cm³/mol. The lowest BCUT2D eigenvalue weighted by Gasteiger charge is -2.22. The fourth-order valence-corrected chi connectivity index (χ4v) is 4.10. The summed E-state index contributed by atoms with van der Waals surface area (Å²) in [6, 6.07) is 18.2. The summed E-state index contributed by atoms with van der Waals surface area (Å²) in [5.74, 6) is -3.08. The van der Waals surface area contributed by atoms with E-state index >= 15 is 0 Å². The van der Waals surface area contributed by atoms with E-state index in [2.05, 4.69) is 4.98 Å². The zero-order valence-electron chi connectivity index (χ0n) is 17.9. The van der Waals surface area contributed by atoms with Gasteiger partial charge in [-0.15, -0.1) is 0 Å². The van der Waals surface area contributed by atoms with E-state index in [1.54, 1.807) is 36.7 Å². The maximum Gasteiger partial charge on any atom is 0.309 e. The average Bonchev–Trinajstić information content (AvgIpc) is 3.08. The quantitative estimate of drug-likeness (QED) is 0.490. The van der Waals surface area contributed by atoms with E-state index in [9.17, 15) is 24.6 Å². The van der Waals surface area contributed by atoms with Crippen molar-refractivity contribution in [3.05, 3.63) is 89.7 Å². The predicted octanol–water partition coefficient (Wildman–Crippen LogP) is 3.43. The number of rotatable bonds is 9. The molecule has 1 aromatic heterocycles. The molecule has 2 heterocycles. The Morgan fingerprint density at radius 2 is 1.55 bits per heavy atom. The maximum absolute atomic E-state index is 12.5. The number of hydrogen-bond donors (Lipinski definition) is 2. The van der Waals surface area contributed by atoms with Gasteiger partial charge in [-0.1, -0.05) is 42.5 Å². The number of aliphatic carboxylic acids is 1. The van der Waals surface area contributed by atoms with Crippen molar-refractivity contribution in [1.82, 2.24) is 9.88 Å². The third-order valence-corrected chi connectivity index (χ3v) is 6.00. The highest BCUT2D eigenvalue weighted by atomic mass is 16.4. The van der Waals surface area contributed by atoms with Crippen LogP contribution in [0.25, 0.3) is 11.1 Å². The molecular formula is C26H24N2O5. The molecule has 1 aliphatic rings. The van der Waals surface area contributed by atoms with Crippen molar-refractivity contribution in [1.29, 1.82) is 0 Å². The topological polar surface area (TPSA) is 108 Å². The number of hydrogen-bond acceptors (Lipinski definition) is 5. The molecule has 1 aliphatic heterocycles. The molecule has 168 valence electrons. The van der Waals surface area contributed by atoms with E-state index < -0.39 is 29.8 Å². The van der Waals surface area contributed by atoms with Gasteiger partial charge in [-0.25, -0.2) is 0 Å². The molecule has 0 radical (unpaired) electrons. The molecule has 0 aliphatic carbocycles. The van der Waals surface area contributed by atoms with Crippen molar-refractivity contribution < 1.29 is 24.6 Å². The first-order valence-corrected chi connectivity index (χ1v) is 10.8. The number of aryl methyl sites for hydroxylation is 1. The summed E-state index contributed by atoms with van der Waals surface area (Å²) >= 11 is 0. The van der Waals surface area contributed by atoms with Crippen LogP contribution in [0.4, 0.5) is 0 Å². The molecule has 0 saturated carbocycles. The van der Waals surface area contributed by atoms with Gasteiger partial charge >= 0.3 is 5.97 Å². The lowest BCUT2D eigenvalue weighted by atomic mass is 9.93. The summed E-state index contributed by atoms with van der Waals surface area (Å²) in [5.41, 5.74) is 3.65. The number of carbonyl (C=O) groups is 3. The van der Waals surface area contributed by atoms with E-state index in [1.165, 1.54) is 0 Å². The number of amides is 2. The second-order valence-corrected chi connectivity index (χ2v) is 8.09. The van der Waals surface area contributed by atoms with Crippen molar-refractivity contribution in [2.75, 3.05) is 6.54 Å². The molecule has 0 spiro atoms. The second-order valence-electron chi connectivity index (χ2n) is 8.09. The fourth-order valence-electron chi connectivity index (χ4n) is 4.10. The molecule has 0 unspecified atom stereocenters. The highest BCUT2D eigenvalue weighted by Gasteiger charge is 2.36. The number of aromatic nitrogens is 1. The van der Waals surface area contributed by atoms with Crippen LogP contribution >= 0.6 is 0 Å². The number of carboxylic acid groups (broad SMARTS) is 1. The summed E-state index contributed by atoms with van der Waals surface area (Å²) in [5, 5.41) is 20.2. The number of carboxylic acids is 1. The first kappa shape index (κ1) is 22.4. The van der Waals surface area contributed by atoms with Crippen LogP contribution in [0.2, 0.25) is 0 Å². The number of benzene rings is 2. The van der Waals surface area contributed by atoms with Crippen molar-refractivity contribution >= 4 is 17.8 Å². The Morgan fingerprint density at radius 1 is 0.879 bits per heavy atom. The molecule has 2 aromatic carbocycles. The zero-order chi connectivity index (χ0) is 23.4. The molecular weight excluding hydrogens is 420 g/mol. The van der Waals surface area contributed by atoms with E-state index in [0.717, 1.165) is 21.6 Å². The minimum atomic E-state index is -1.15. The summed E-state index contributed by atoms with van der Waals surface area (Å²) < 4.78 is 0. The Balaban J connectivity index is 1.34. The van der Waals surface area contributed by atoms with Gasteiger partial charge in [0.1, 0.15) is 0 Å². The van der Waals surface area contributed by atoms with Crippen LogP contribution in [0.5, 0.6) is 0 Å². The molecule has 0 fully saturated rings. The molecule has 0 saturated heterocycles. The van der Waals surface area contributed by atoms with Crippen molar-refractivity contribution in [3.63, 3.8) is 0 Å². The average molecular weight is 444 g/mol. The number of aliphatic hydroxyl groups is 1. The zero-order valence-corrected chi connectivity index (χ0v) is 17.9. The molecule has 7 heteroatoms. The van der Waals surface area contributed by atoms with Gasteiger partial charge in [0.15, 0.2) is 0 Å².